The van der Waals surface area contributed by atoms with Gasteiger partial charge in [0.05, 0.1) is 6.61 Å². The molecule has 1 aliphatic heterocycles. The molecule has 0 aromatic heterocycles. The third kappa shape index (κ3) is 5.53. The predicted molar refractivity (Wildman–Crippen MR) is 93.3 cm³/mol. The smallest absolute Gasteiger partial charge is 0.410 e. The van der Waals surface area contributed by atoms with E-state index < -0.39 is 11.9 Å². The number of rotatable bonds is 6. The number of carbonyl (C=O) groups is 1. The van der Waals surface area contributed by atoms with E-state index >= 15 is 0 Å². The van der Waals surface area contributed by atoms with Crippen molar-refractivity contribution >= 4 is 18.5 Å². The SMILES string of the molecule is CCCOc1ccc(F)c(COC(=O)N2CCNC[C@H]2CC)c1.Cl. The fourth-order valence-electron chi connectivity index (χ4n) is 2.56. The number of benzene rings is 1. The van der Waals surface area contributed by atoms with Gasteiger partial charge < -0.3 is 19.7 Å². The minimum atomic E-state index is -0.394. The van der Waals surface area contributed by atoms with Crippen LogP contribution in [0.1, 0.15) is 32.3 Å². The van der Waals surface area contributed by atoms with Gasteiger partial charge in [0.2, 0.25) is 0 Å². The van der Waals surface area contributed by atoms with Crippen LogP contribution in [0.4, 0.5) is 9.18 Å². The molecule has 0 bridgehead atoms. The van der Waals surface area contributed by atoms with E-state index in [4.69, 9.17) is 9.47 Å². The number of nitrogens with one attached hydrogen (secondary N) is 1. The molecule has 24 heavy (non-hydrogen) atoms. The Morgan fingerprint density at radius 3 is 2.92 bits per heavy atom. The van der Waals surface area contributed by atoms with E-state index in [1.165, 1.54) is 6.07 Å². The van der Waals surface area contributed by atoms with Crippen LogP contribution in [0.25, 0.3) is 0 Å². The first kappa shape index (κ1) is 20.5. The van der Waals surface area contributed by atoms with E-state index in [1.807, 2.05) is 13.8 Å². The number of ether oxygens (including phenoxy) is 2. The third-order valence-corrected chi connectivity index (χ3v) is 3.90. The lowest BCUT2D eigenvalue weighted by molar-refractivity contribution is 0.0706. The van der Waals surface area contributed by atoms with Gasteiger partial charge in [-0.2, -0.15) is 0 Å². The van der Waals surface area contributed by atoms with Crippen molar-refractivity contribution in [2.75, 3.05) is 26.2 Å². The van der Waals surface area contributed by atoms with Crippen LogP contribution < -0.4 is 10.1 Å². The zero-order chi connectivity index (χ0) is 16.7. The van der Waals surface area contributed by atoms with Gasteiger partial charge in [0, 0.05) is 31.2 Å². The van der Waals surface area contributed by atoms with Gasteiger partial charge in [-0.05, 0) is 31.0 Å². The third-order valence-electron chi connectivity index (χ3n) is 3.90. The molecule has 1 fully saturated rings. The Bertz CT molecular complexity index is 531. The largest absolute Gasteiger partial charge is 0.494 e. The molecule has 0 saturated carbocycles. The zero-order valence-corrected chi connectivity index (χ0v) is 15.0. The number of hydrogen-bond acceptors (Lipinski definition) is 4. The van der Waals surface area contributed by atoms with E-state index in [-0.39, 0.29) is 25.1 Å². The predicted octanol–water partition coefficient (Wildman–Crippen LogP) is 3.36. The summed E-state index contributed by atoms with van der Waals surface area (Å²) in [5.74, 6) is 0.196. The van der Waals surface area contributed by atoms with E-state index in [2.05, 4.69) is 5.32 Å². The second kappa shape index (κ2) is 10.4. The van der Waals surface area contributed by atoms with Gasteiger partial charge in [0.1, 0.15) is 18.2 Å². The Morgan fingerprint density at radius 1 is 1.42 bits per heavy atom. The van der Waals surface area contributed by atoms with Gasteiger partial charge >= 0.3 is 6.09 Å². The quantitative estimate of drug-likeness (QED) is 0.845. The molecule has 1 heterocycles. The highest BCUT2D eigenvalue weighted by atomic mass is 35.5. The summed E-state index contributed by atoms with van der Waals surface area (Å²) in [7, 11) is 0. The van der Waals surface area contributed by atoms with Crippen LogP contribution in [0.2, 0.25) is 0 Å². The lowest BCUT2D eigenvalue weighted by atomic mass is 10.1. The minimum absolute atomic E-state index is 0. The number of hydrogen-bond donors (Lipinski definition) is 1. The Kier molecular flexibility index (Phi) is 8.85. The standard InChI is InChI=1S/C17H25FN2O3.ClH/c1-3-9-22-15-5-6-16(18)13(10-15)12-23-17(21)20-8-7-19-11-14(20)4-2;/h5-6,10,14,19H,3-4,7-9,11-12H2,1-2H3;1H/t14-;/m1./s1. The monoisotopic (exact) mass is 360 g/mol. The van der Waals surface area contributed by atoms with Crippen LogP contribution >= 0.6 is 12.4 Å². The molecule has 5 nitrogen and oxygen atoms in total. The molecular formula is C17H26ClFN2O3. The minimum Gasteiger partial charge on any atom is -0.494 e. The summed E-state index contributed by atoms with van der Waals surface area (Å²) in [5, 5.41) is 3.25. The van der Waals surface area contributed by atoms with Gasteiger partial charge in [-0.3, -0.25) is 0 Å². The molecule has 1 atom stereocenters. The Hall–Kier alpha value is -1.53. The summed E-state index contributed by atoms with van der Waals surface area (Å²) >= 11 is 0. The van der Waals surface area contributed by atoms with Gasteiger partial charge in [-0.1, -0.05) is 13.8 Å². The van der Waals surface area contributed by atoms with Crippen molar-refractivity contribution in [3.05, 3.63) is 29.6 Å². The van der Waals surface area contributed by atoms with Crippen LogP contribution in [-0.2, 0) is 11.3 Å². The molecule has 1 N–H and O–H groups in total. The molecule has 1 aliphatic rings. The van der Waals surface area contributed by atoms with Gasteiger partial charge in [-0.25, -0.2) is 9.18 Å². The van der Waals surface area contributed by atoms with Crippen molar-refractivity contribution in [2.45, 2.75) is 39.3 Å². The maximum atomic E-state index is 13.9. The van der Waals surface area contributed by atoms with Crippen LogP contribution in [-0.4, -0.2) is 43.3 Å². The summed E-state index contributed by atoms with van der Waals surface area (Å²) < 4.78 is 24.6. The fourth-order valence-corrected chi connectivity index (χ4v) is 2.56. The van der Waals surface area contributed by atoms with E-state index in [0.29, 0.717) is 24.5 Å². The van der Waals surface area contributed by atoms with E-state index in [0.717, 1.165) is 25.9 Å². The van der Waals surface area contributed by atoms with Crippen LogP contribution in [0.5, 0.6) is 5.75 Å². The highest BCUT2D eigenvalue weighted by molar-refractivity contribution is 5.85. The Balaban J connectivity index is 0.00000288. The first-order chi connectivity index (χ1) is 11.2. The summed E-state index contributed by atoms with van der Waals surface area (Å²) in [4.78, 5) is 13.9. The lowest BCUT2D eigenvalue weighted by Crippen LogP contribution is -2.53. The molecular weight excluding hydrogens is 335 g/mol. The van der Waals surface area contributed by atoms with Crippen LogP contribution in [0.15, 0.2) is 18.2 Å². The summed E-state index contributed by atoms with van der Waals surface area (Å²) in [5.41, 5.74) is 0.329. The van der Waals surface area contributed by atoms with Gasteiger partial charge in [0.25, 0.3) is 0 Å². The number of piperazine rings is 1. The molecule has 1 aromatic carbocycles. The van der Waals surface area contributed by atoms with Crippen molar-refractivity contribution in [3.8, 4) is 5.75 Å². The molecule has 0 radical (unpaired) electrons. The van der Waals surface area contributed by atoms with Gasteiger partial charge in [0.15, 0.2) is 0 Å². The normalized spacial score (nSPS) is 17.1. The molecule has 0 spiro atoms. The molecule has 1 aromatic rings. The summed E-state index contributed by atoms with van der Waals surface area (Å²) in [6.07, 6.45) is 1.34. The van der Waals surface area contributed by atoms with Crippen molar-refractivity contribution in [1.29, 1.82) is 0 Å². The average molecular weight is 361 g/mol. The average Bonchev–Trinajstić information content (AvgIpc) is 2.59. The number of halogens is 2. The molecule has 2 rings (SSSR count). The highest BCUT2D eigenvalue weighted by Crippen LogP contribution is 2.19. The van der Waals surface area contributed by atoms with E-state index in [9.17, 15) is 9.18 Å². The molecule has 1 saturated heterocycles. The zero-order valence-electron chi connectivity index (χ0n) is 14.2. The fraction of sp³-hybridized carbons (Fsp3) is 0.588. The van der Waals surface area contributed by atoms with Crippen molar-refractivity contribution < 1.29 is 18.7 Å². The summed E-state index contributed by atoms with van der Waals surface area (Å²) in [6.45, 7) is 6.65. The highest BCUT2D eigenvalue weighted by Gasteiger charge is 2.26. The lowest BCUT2D eigenvalue weighted by Gasteiger charge is -2.34. The van der Waals surface area contributed by atoms with Crippen molar-refractivity contribution in [1.82, 2.24) is 10.2 Å². The molecule has 1 amide bonds. The molecule has 0 unspecified atom stereocenters. The summed E-state index contributed by atoms with van der Waals surface area (Å²) in [6, 6.07) is 4.64. The molecule has 7 heteroatoms. The topological polar surface area (TPSA) is 50.8 Å². The molecule has 136 valence electrons. The van der Waals surface area contributed by atoms with Crippen LogP contribution in [0, 0.1) is 5.82 Å². The van der Waals surface area contributed by atoms with E-state index in [1.54, 1.807) is 17.0 Å². The Morgan fingerprint density at radius 2 is 2.21 bits per heavy atom. The maximum absolute atomic E-state index is 13.9. The second-order valence-electron chi connectivity index (χ2n) is 5.62. The van der Waals surface area contributed by atoms with Crippen molar-refractivity contribution in [2.24, 2.45) is 0 Å². The number of carbonyl (C=O) groups excluding carboxylic acids is 1. The number of nitrogens with zero attached hydrogens (tertiary/aromatic N) is 1. The Labute approximate surface area is 148 Å². The first-order valence-corrected chi connectivity index (χ1v) is 8.21. The number of amides is 1. The maximum Gasteiger partial charge on any atom is 0.410 e. The first-order valence-electron chi connectivity index (χ1n) is 8.21. The van der Waals surface area contributed by atoms with Gasteiger partial charge in [-0.15, -0.1) is 12.4 Å². The molecule has 0 aliphatic carbocycles. The second-order valence-corrected chi connectivity index (χ2v) is 5.62. The van der Waals surface area contributed by atoms with Crippen LogP contribution in [0.3, 0.4) is 0 Å². The van der Waals surface area contributed by atoms with Crippen molar-refractivity contribution in [3.63, 3.8) is 0 Å².